The van der Waals surface area contributed by atoms with Gasteiger partial charge in [0.25, 0.3) is 5.95 Å². The van der Waals surface area contributed by atoms with Crippen molar-refractivity contribution in [3.8, 4) is 0 Å². The lowest BCUT2D eigenvalue weighted by molar-refractivity contribution is 0.381. The van der Waals surface area contributed by atoms with Crippen LogP contribution in [0.1, 0.15) is 44.1 Å². The van der Waals surface area contributed by atoms with E-state index in [2.05, 4.69) is 61.0 Å². The van der Waals surface area contributed by atoms with E-state index in [-0.39, 0.29) is 5.95 Å². The summed E-state index contributed by atoms with van der Waals surface area (Å²) >= 11 is 0. The second-order valence-electron chi connectivity index (χ2n) is 7.64. The molecule has 0 spiro atoms. The molecule has 1 aromatic heterocycles. The highest BCUT2D eigenvalue weighted by atomic mass is 16.5. The summed E-state index contributed by atoms with van der Waals surface area (Å²) < 4.78 is 0. The molecule has 0 bridgehead atoms. The quantitative estimate of drug-likeness (QED) is 0.673. The molecule has 7 nitrogen and oxygen atoms in total. The first kappa shape index (κ1) is 18.0. The maximum atomic E-state index is 9.30. The van der Waals surface area contributed by atoms with Gasteiger partial charge in [0.1, 0.15) is 0 Å². The number of anilines is 3. The minimum absolute atomic E-state index is 0.201. The molecular formula is C20H28N6O. The van der Waals surface area contributed by atoms with Gasteiger partial charge in [0.05, 0.1) is 0 Å². The molecule has 1 aliphatic heterocycles. The fourth-order valence-electron chi connectivity index (χ4n) is 4.16. The van der Waals surface area contributed by atoms with Gasteiger partial charge in [-0.25, -0.2) is 5.48 Å². The van der Waals surface area contributed by atoms with E-state index in [1.807, 2.05) is 0 Å². The fraction of sp³-hybridized carbons (Fsp3) is 0.550. The van der Waals surface area contributed by atoms with Crippen LogP contribution < -0.4 is 15.7 Å². The van der Waals surface area contributed by atoms with Gasteiger partial charge in [0.2, 0.25) is 11.9 Å². The molecule has 0 unspecified atom stereocenters. The number of nitrogens with zero attached hydrogens (tertiary/aromatic N) is 4. The average molecular weight is 368 g/mol. The van der Waals surface area contributed by atoms with E-state index in [9.17, 15) is 5.21 Å². The van der Waals surface area contributed by atoms with E-state index >= 15 is 0 Å². The zero-order chi connectivity index (χ0) is 18.5. The van der Waals surface area contributed by atoms with Crippen molar-refractivity contribution in [1.29, 1.82) is 0 Å². The summed E-state index contributed by atoms with van der Waals surface area (Å²) in [6, 6.07) is 11.1. The van der Waals surface area contributed by atoms with Crippen LogP contribution in [0.25, 0.3) is 0 Å². The highest BCUT2D eigenvalue weighted by Gasteiger charge is 2.23. The lowest BCUT2D eigenvalue weighted by Crippen LogP contribution is -2.36. The van der Waals surface area contributed by atoms with Crippen LogP contribution >= 0.6 is 0 Å². The van der Waals surface area contributed by atoms with Crippen molar-refractivity contribution < 1.29 is 5.21 Å². The van der Waals surface area contributed by atoms with Crippen molar-refractivity contribution >= 4 is 17.8 Å². The van der Waals surface area contributed by atoms with Gasteiger partial charge in [-0.3, -0.25) is 5.21 Å². The maximum Gasteiger partial charge on any atom is 0.253 e. The van der Waals surface area contributed by atoms with Crippen LogP contribution in [0.5, 0.6) is 0 Å². The molecule has 144 valence electrons. The summed E-state index contributed by atoms with van der Waals surface area (Å²) in [5.74, 6) is 2.08. The number of rotatable bonds is 6. The smallest absolute Gasteiger partial charge is 0.253 e. The maximum absolute atomic E-state index is 9.30. The number of nitrogens with one attached hydrogen (secondary N) is 2. The Hall–Kier alpha value is -2.41. The second kappa shape index (κ2) is 8.52. The van der Waals surface area contributed by atoms with Crippen LogP contribution in [-0.2, 0) is 6.42 Å². The molecule has 0 radical (unpaired) electrons. The third-order valence-electron chi connectivity index (χ3n) is 5.68. The zero-order valence-corrected chi connectivity index (χ0v) is 15.6. The Morgan fingerprint density at radius 1 is 0.926 bits per heavy atom. The predicted octanol–water partition coefficient (Wildman–Crippen LogP) is 3.49. The summed E-state index contributed by atoms with van der Waals surface area (Å²) in [5.41, 5.74) is 3.49. The highest BCUT2D eigenvalue weighted by Crippen LogP contribution is 2.26. The third-order valence-corrected chi connectivity index (χ3v) is 5.68. The Morgan fingerprint density at radius 2 is 1.63 bits per heavy atom. The van der Waals surface area contributed by atoms with Crippen molar-refractivity contribution in [2.24, 2.45) is 5.92 Å². The molecule has 2 heterocycles. The van der Waals surface area contributed by atoms with Crippen molar-refractivity contribution in [1.82, 2.24) is 15.0 Å². The van der Waals surface area contributed by atoms with Crippen LogP contribution in [0.4, 0.5) is 17.8 Å². The lowest BCUT2D eigenvalue weighted by atomic mass is 9.90. The van der Waals surface area contributed by atoms with E-state index in [1.54, 1.807) is 0 Å². The van der Waals surface area contributed by atoms with Crippen LogP contribution in [0.15, 0.2) is 30.3 Å². The normalized spacial score (nSPS) is 18.6. The first-order valence-corrected chi connectivity index (χ1v) is 10.0. The fourth-order valence-corrected chi connectivity index (χ4v) is 4.16. The van der Waals surface area contributed by atoms with Gasteiger partial charge >= 0.3 is 0 Å². The van der Waals surface area contributed by atoms with E-state index in [4.69, 9.17) is 0 Å². The summed E-state index contributed by atoms with van der Waals surface area (Å²) in [4.78, 5) is 15.4. The summed E-state index contributed by atoms with van der Waals surface area (Å²) in [6.07, 6.45) is 8.15. The van der Waals surface area contributed by atoms with Crippen LogP contribution in [-0.4, -0.2) is 39.3 Å². The third kappa shape index (κ3) is 4.66. The van der Waals surface area contributed by atoms with Gasteiger partial charge in [-0.2, -0.15) is 15.0 Å². The monoisotopic (exact) mass is 368 g/mol. The van der Waals surface area contributed by atoms with E-state index in [0.717, 1.165) is 45.2 Å². The number of aromatic nitrogens is 3. The molecule has 1 saturated heterocycles. The van der Waals surface area contributed by atoms with Crippen molar-refractivity contribution in [3.05, 3.63) is 35.9 Å². The Kier molecular flexibility index (Phi) is 5.67. The molecular weight excluding hydrogens is 340 g/mol. The summed E-state index contributed by atoms with van der Waals surface area (Å²) in [6.45, 7) is 1.85. The summed E-state index contributed by atoms with van der Waals surface area (Å²) in [7, 11) is 0. The molecule has 3 N–H and O–H groups in total. The minimum Gasteiger partial charge on any atom is -0.351 e. The van der Waals surface area contributed by atoms with Crippen LogP contribution in [0.2, 0.25) is 0 Å². The molecule has 2 fully saturated rings. The number of benzene rings is 1. The van der Waals surface area contributed by atoms with Gasteiger partial charge in [0.15, 0.2) is 0 Å². The van der Waals surface area contributed by atoms with Gasteiger partial charge in [-0.15, -0.1) is 0 Å². The van der Waals surface area contributed by atoms with Crippen LogP contribution in [0, 0.1) is 5.92 Å². The van der Waals surface area contributed by atoms with Crippen LogP contribution in [0.3, 0.4) is 0 Å². The van der Waals surface area contributed by atoms with E-state index in [1.165, 1.54) is 18.4 Å². The zero-order valence-electron chi connectivity index (χ0n) is 15.6. The molecule has 7 heteroatoms. The molecule has 1 aliphatic carbocycles. The van der Waals surface area contributed by atoms with E-state index < -0.39 is 0 Å². The molecule has 2 aliphatic rings. The highest BCUT2D eigenvalue weighted by molar-refractivity contribution is 5.43. The van der Waals surface area contributed by atoms with Gasteiger partial charge in [-0.1, -0.05) is 43.2 Å². The van der Waals surface area contributed by atoms with Gasteiger partial charge in [-0.05, 0) is 43.6 Å². The predicted molar refractivity (Wildman–Crippen MR) is 106 cm³/mol. The van der Waals surface area contributed by atoms with Gasteiger partial charge in [0, 0.05) is 19.1 Å². The Labute approximate surface area is 160 Å². The standard InChI is InChI=1S/C20H28N6O/c27-25-19-22-18(21-17-8-4-5-9-17)23-20(24-19)26-12-10-16(11-13-26)14-15-6-2-1-3-7-15/h1-3,6-7,16-17,27H,4-5,8-14H2,(H2,21,22,23,24,25). The summed E-state index contributed by atoms with van der Waals surface area (Å²) in [5, 5.41) is 12.7. The second-order valence-corrected chi connectivity index (χ2v) is 7.64. The number of hydrogen-bond donors (Lipinski definition) is 3. The van der Waals surface area contributed by atoms with Crippen molar-refractivity contribution in [3.63, 3.8) is 0 Å². The molecule has 1 aromatic carbocycles. The van der Waals surface area contributed by atoms with Crippen molar-refractivity contribution in [2.45, 2.75) is 51.0 Å². The average Bonchev–Trinajstić information content (AvgIpc) is 3.22. The topological polar surface area (TPSA) is 86.2 Å². The number of hydrogen-bond acceptors (Lipinski definition) is 7. The largest absolute Gasteiger partial charge is 0.351 e. The molecule has 1 saturated carbocycles. The first-order chi connectivity index (χ1) is 13.3. The Bertz CT molecular complexity index is 727. The molecule has 0 amide bonds. The van der Waals surface area contributed by atoms with E-state index in [0.29, 0.717) is 23.9 Å². The van der Waals surface area contributed by atoms with Gasteiger partial charge < -0.3 is 10.2 Å². The first-order valence-electron chi connectivity index (χ1n) is 10.0. The lowest BCUT2D eigenvalue weighted by Gasteiger charge is -2.32. The molecule has 2 aromatic rings. The molecule has 27 heavy (non-hydrogen) atoms. The molecule has 4 rings (SSSR count). The SMILES string of the molecule is ONc1nc(NC2CCCC2)nc(N2CCC(Cc3ccccc3)CC2)n1. The number of piperidine rings is 1. The Balaban J connectivity index is 1.39. The Morgan fingerprint density at radius 3 is 2.33 bits per heavy atom. The minimum atomic E-state index is 0.201. The van der Waals surface area contributed by atoms with Crippen molar-refractivity contribution in [2.75, 3.05) is 28.8 Å². The molecule has 0 atom stereocenters.